The van der Waals surface area contributed by atoms with Crippen LogP contribution in [-0.4, -0.2) is 13.1 Å². The molecular weight excluding hydrogens is 210 g/mol. The summed E-state index contributed by atoms with van der Waals surface area (Å²) < 4.78 is 0. The first-order chi connectivity index (χ1) is 8.02. The van der Waals surface area contributed by atoms with E-state index in [4.69, 9.17) is 11.0 Å². The van der Waals surface area contributed by atoms with Crippen LogP contribution in [0.2, 0.25) is 0 Å². The normalized spacial score (nSPS) is 18.8. The Morgan fingerprint density at radius 3 is 2.76 bits per heavy atom. The first-order valence-corrected chi connectivity index (χ1v) is 6.06. The molecule has 0 radical (unpaired) electrons. The monoisotopic (exact) mass is 229 g/mol. The minimum absolute atomic E-state index is 0.362. The van der Waals surface area contributed by atoms with Gasteiger partial charge < -0.3 is 10.6 Å². The molecule has 1 aromatic rings. The van der Waals surface area contributed by atoms with Crippen LogP contribution in [0.3, 0.4) is 0 Å². The zero-order chi connectivity index (χ0) is 12.5. The molecule has 1 heterocycles. The minimum atomic E-state index is 0.362. The largest absolute Gasteiger partial charge is 0.398 e. The molecule has 0 spiro atoms. The Morgan fingerprint density at radius 2 is 2.18 bits per heavy atom. The number of hydrogen-bond donors (Lipinski definition) is 1. The van der Waals surface area contributed by atoms with Gasteiger partial charge in [-0.25, -0.2) is 0 Å². The second-order valence-corrected chi connectivity index (χ2v) is 5.57. The van der Waals surface area contributed by atoms with Crippen molar-refractivity contribution in [1.82, 2.24) is 0 Å². The lowest BCUT2D eigenvalue weighted by atomic mass is 9.84. The van der Waals surface area contributed by atoms with Crippen molar-refractivity contribution in [1.29, 1.82) is 5.26 Å². The maximum absolute atomic E-state index is 8.86. The van der Waals surface area contributed by atoms with Gasteiger partial charge in [0.2, 0.25) is 0 Å². The maximum atomic E-state index is 8.86. The molecule has 0 bridgehead atoms. The molecule has 0 aliphatic carbocycles. The first kappa shape index (κ1) is 11.8. The standard InChI is InChI=1S/C14H19N3/c1-14(2)6-3-7-17(10-14)12-5-4-11(9-15)13(16)8-12/h4-5,8H,3,6-7,10,16H2,1-2H3. The van der Waals surface area contributed by atoms with Crippen molar-refractivity contribution in [3.63, 3.8) is 0 Å². The van der Waals surface area contributed by atoms with Gasteiger partial charge in [-0.1, -0.05) is 13.8 Å². The molecule has 3 heteroatoms. The number of nitrogens with two attached hydrogens (primary N) is 1. The van der Waals surface area contributed by atoms with Crippen molar-refractivity contribution in [3.8, 4) is 6.07 Å². The van der Waals surface area contributed by atoms with Gasteiger partial charge in [0.1, 0.15) is 6.07 Å². The summed E-state index contributed by atoms with van der Waals surface area (Å²) in [4.78, 5) is 2.36. The third-order valence-electron chi connectivity index (χ3n) is 3.42. The Kier molecular flexibility index (Phi) is 2.97. The molecule has 1 fully saturated rings. The van der Waals surface area contributed by atoms with Crippen molar-refractivity contribution in [3.05, 3.63) is 23.8 Å². The number of benzene rings is 1. The average molecular weight is 229 g/mol. The lowest BCUT2D eigenvalue weighted by Gasteiger charge is -2.39. The van der Waals surface area contributed by atoms with Gasteiger partial charge in [0.15, 0.2) is 0 Å². The minimum Gasteiger partial charge on any atom is -0.398 e. The van der Waals surface area contributed by atoms with E-state index in [-0.39, 0.29) is 0 Å². The third kappa shape index (κ3) is 2.52. The molecule has 2 rings (SSSR count). The van der Waals surface area contributed by atoms with Crippen LogP contribution in [0, 0.1) is 16.7 Å². The fourth-order valence-electron chi connectivity index (χ4n) is 2.49. The van der Waals surface area contributed by atoms with Crippen molar-refractivity contribution < 1.29 is 0 Å². The second-order valence-electron chi connectivity index (χ2n) is 5.57. The van der Waals surface area contributed by atoms with Gasteiger partial charge in [0, 0.05) is 18.8 Å². The number of piperidine rings is 1. The Morgan fingerprint density at radius 1 is 1.41 bits per heavy atom. The maximum Gasteiger partial charge on any atom is 0.101 e. The number of nitriles is 1. The summed E-state index contributed by atoms with van der Waals surface area (Å²) in [5.41, 5.74) is 8.49. The highest BCUT2D eigenvalue weighted by atomic mass is 15.1. The van der Waals surface area contributed by atoms with Crippen molar-refractivity contribution in [2.75, 3.05) is 23.7 Å². The number of rotatable bonds is 1. The molecule has 3 nitrogen and oxygen atoms in total. The molecule has 1 aromatic carbocycles. The zero-order valence-electron chi connectivity index (χ0n) is 10.5. The fraction of sp³-hybridized carbons (Fsp3) is 0.500. The molecule has 0 atom stereocenters. The van der Waals surface area contributed by atoms with Gasteiger partial charge in [-0.15, -0.1) is 0 Å². The fourth-order valence-corrected chi connectivity index (χ4v) is 2.49. The van der Waals surface area contributed by atoms with E-state index in [2.05, 4.69) is 24.8 Å². The molecule has 2 N–H and O–H groups in total. The average Bonchev–Trinajstić information content (AvgIpc) is 2.27. The van der Waals surface area contributed by atoms with Crippen LogP contribution in [0.15, 0.2) is 18.2 Å². The highest BCUT2D eigenvalue weighted by Gasteiger charge is 2.26. The first-order valence-electron chi connectivity index (χ1n) is 6.06. The molecule has 0 aromatic heterocycles. The molecule has 0 amide bonds. The van der Waals surface area contributed by atoms with E-state index in [9.17, 15) is 0 Å². The summed E-state index contributed by atoms with van der Waals surface area (Å²) in [6, 6.07) is 7.82. The van der Waals surface area contributed by atoms with E-state index < -0.39 is 0 Å². The summed E-state index contributed by atoms with van der Waals surface area (Å²) in [5, 5.41) is 8.86. The molecule has 17 heavy (non-hydrogen) atoms. The van der Waals surface area contributed by atoms with E-state index in [0.717, 1.165) is 18.8 Å². The summed E-state index contributed by atoms with van der Waals surface area (Å²) in [6.45, 7) is 6.73. The van der Waals surface area contributed by atoms with Crippen LogP contribution in [0.25, 0.3) is 0 Å². The van der Waals surface area contributed by atoms with E-state index >= 15 is 0 Å². The van der Waals surface area contributed by atoms with Gasteiger partial charge in [0.25, 0.3) is 0 Å². The van der Waals surface area contributed by atoms with Gasteiger partial charge >= 0.3 is 0 Å². The summed E-state index contributed by atoms with van der Waals surface area (Å²) in [5.74, 6) is 0. The molecule has 1 aliphatic heterocycles. The number of nitrogens with zero attached hydrogens (tertiary/aromatic N) is 2. The van der Waals surface area contributed by atoms with Crippen LogP contribution < -0.4 is 10.6 Å². The molecule has 90 valence electrons. The summed E-state index contributed by atoms with van der Waals surface area (Å²) in [6.07, 6.45) is 2.49. The topological polar surface area (TPSA) is 53.0 Å². The molecule has 0 unspecified atom stereocenters. The number of anilines is 2. The van der Waals surface area contributed by atoms with E-state index in [1.54, 1.807) is 0 Å². The van der Waals surface area contributed by atoms with Gasteiger partial charge in [-0.2, -0.15) is 5.26 Å². The van der Waals surface area contributed by atoms with Gasteiger partial charge in [-0.3, -0.25) is 0 Å². The predicted octanol–water partition coefficient (Wildman–Crippen LogP) is 2.77. The van der Waals surface area contributed by atoms with Gasteiger partial charge in [-0.05, 0) is 36.5 Å². The van der Waals surface area contributed by atoms with Crippen molar-refractivity contribution >= 4 is 11.4 Å². The Bertz CT molecular complexity index is 457. The van der Waals surface area contributed by atoms with Gasteiger partial charge in [0.05, 0.1) is 11.3 Å². The quantitative estimate of drug-likeness (QED) is 0.753. The zero-order valence-corrected chi connectivity index (χ0v) is 10.5. The predicted molar refractivity (Wildman–Crippen MR) is 70.8 cm³/mol. The van der Waals surface area contributed by atoms with Crippen LogP contribution >= 0.6 is 0 Å². The number of nitrogen functional groups attached to an aromatic ring is 1. The smallest absolute Gasteiger partial charge is 0.101 e. The van der Waals surface area contributed by atoms with Crippen LogP contribution in [0.5, 0.6) is 0 Å². The lowest BCUT2D eigenvalue weighted by molar-refractivity contribution is 0.293. The molecule has 1 aliphatic rings. The highest BCUT2D eigenvalue weighted by Crippen LogP contribution is 2.32. The Hall–Kier alpha value is -1.69. The summed E-state index contributed by atoms with van der Waals surface area (Å²) >= 11 is 0. The second kappa shape index (κ2) is 4.29. The van der Waals surface area contributed by atoms with Crippen molar-refractivity contribution in [2.24, 2.45) is 5.41 Å². The van der Waals surface area contributed by atoms with E-state index in [1.807, 2.05) is 18.2 Å². The SMILES string of the molecule is CC1(C)CCCN(c2ccc(C#N)c(N)c2)C1. The molecular formula is C14H19N3. The van der Waals surface area contributed by atoms with E-state index in [1.165, 1.54) is 12.8 Å². The van der Waals surface area contributed by atoms with Crippen LogP contribution in [-0.2, 0) is 0 Å². The molecule has 0 saturated carbocycles. The van der Waals surface area contributed by atoms with Crippen LogP contribution in [0.4, 0.5) is 11.4 Å². The summed E-state index contributed by atoms with van der Waals surface area (Å²) in [7, 11) is 0. The molecule has 1 saturated heterocycles. The Balaban J connectivity index is 2.23. The van der Waals surface area contributed by atoms with Crippen molar-refractivity contribution in [2.45, 2.75) is 26.7 Å². The highest BCUT2D eigenvalue weighted by molar-refractivity contribution is 5.63. The van der Waals surface area contributed by atoms with E-state index in [0.29, 0.717) is 16.7 Å². The van der Waals surface area contributed by atoms with Crippen LogP contribution in [0.1, 0.15) is 32.3 Å². The Labute approximate surface area is 103 Å². The number of hydrogen-bond acceptors (Lipinski definition) is 3. The lowest BCUT2D eigenvalue weighted by Crippen LogP contribution is -2.40. The third-order valence-corrected chi connectivity index (χ3v) is 3.42.